The van der Waals surface area contributed by atoms with Crippen LogP contribution in [0.5, 0.6) is 11.5 Å². The molecule has 1 aromatic carbocycles. The SMILES string of the molecule is CCCCCCCCN=C(N)NCCc1ccc(O)c(OC)c1. The Morgan fingerprint density at radius 1 is 1.22 bits per heavy atom. The Morgan fingerprint density at radius 2 is 1.96 bits per heavy atom. The van der Waals surface area contributed by atoms with Crippen LogP contribution >= 0.6 is 0 Å². The average molecular weight is 321 g/mol. The van der Waals surface area contributed by atoms with Crippen LogP contribution in [0, 0.1) is 0 Å². The van der Waals surface area contributed by atoms with Crippen LogP contribution in [0.1, 0.15) is 51.0 Å². The average Bonchev–Trinajstić information content (AvgIpc) is 2.55. The minimum atomic E-state index is 0.157. The first-order valence-corrected chi connectivity index (χ1v) is 8.57. The Morgan fingerprint density at radius 3 is 2.70 bits per heavy atom. The van der Waals surface area contributed by atoms with Gasteiger partial charge in [-0.3, -0.25) is 4.99 Å². The summed E-state index contributed by atoms with van der Waals surface area (Å²) in [4.78, 5) is 4.34. The first-order chi connectivity index (χ1) is 11.2. The van der Waals surface area contributed by atoms with Gasteiger partial charge in [0.25, 0.3) is 0 Å². The maximum atomic E-state index is 9.56. The zero-order valence-corrected chi connectivity index (χ0v) is 14.5. The normalized spacial score (nSPS) is 11.5. The number of nitrogens with zero attached hydrogens (tertiary/aromatic N) is 1. The molecule has 0 spiro atoms. The first kappa shape index (κ1) is 19.1. The minimum absolute atomic E-state index is 0.157. The summed E-state index contributed by atoms with van der Waals surface area (Å²) in [5, 5.41) is 12.7. The van der Waals surface area contributed by atoms with E-state index in [0.29, 0.717) is 18.3 Å². The number of ether oxygens (including phenoxy) is 1. The van der Waals surface area contributed by atoms with Crippen molar-refractivity contribution in [2.45, 2.75) is 51.9 Å². The lowest BCUT2D eigenvalue weighted by atomic mass is 10.1. The molecule has 5 nitrogen and oxygen atoms in total. The van der Waals surface area contributed by atoms with Gasteiger partial charge in [-0.25, -0.2) is 0 Å². The van der Waals surface area contributed by atoms with Crippen LogP contribution in [-0.4, -0.2) is 31.3 Å². The molecule has 0 aromatic heterocycles. The number of aliphatic imine (C=N–C) groups is 1. The quantitative estimate of drug-likeness (QED) is 0.332. The van der Waals surface area contributed by atoms with Crippen molar-refractivity contribution in [2.24, 2.45) is 10.7 Å². The van der Waals surface area contributed by atoms with E-state index in [1.165, 1.54) is 32.1 Å². The number of hydrogen-bond acceptors (Lipinski definition) is 3. The molecule has 0 aliphatic carbocycles. The molecule has 0 radical (unpaired) electrons. The van der Waals surface area contributed by atoms with E-state index in [-0.39, 0.29) is 5.75 Å². The summed E-state index contributed by atoms with van der Waals surface area (Å²) in [6.07, 6.45) is 8.34. The molecule has 0 heterocycles. The second-order valence-electron chi connectivity index (χ2n) is 5.72. The van der Waals surface area contributed by atoms with Gasteiger partial charge in [-0.15, -0.1) is 0 Å². The summed E-state index contributed by atoms with van der Waals surface area (Å²) in [7, 11) is 1.55. The van der Waals surface area contributed by atoms with Gasteiger partial charge in [0.1, 0.15) is 0 Å². The largest absolute Gasteiger partial charge is 0.504 e. The molecule has 0 aliphatic heterocycles. The van der Waals surface area contributed by atoms with Crippen LogP contribution in [0.25, 0.3) is 0 Å². The molecule has 0 saturated heterocycles. The van der Waals surface area contributed by atoms with Crippen molar-refractivity contribution in [2.75, 3.05) is 20.2 Å². The number of aromatic hydroxyl groups is 1. The van der Waals surface area contributed by atoms with Crippen molar-refractivity contribution in [3.05, 3.63) is 23.8 Å². The molecule has 1 rings (SSSR count). The maximum absolute atomic E-state index is 9.56. The van der Waals surface area contributed by atoms with Crippen LogP contribution < -0.4 is 15.8 Å². The van der Waals surface area contributed by atoms with E-state index >= 15 is 0 Å². The smallest absolute Gasteiger partial charge is 0.188 e. The molecule has 0 amide bonds. The van der Waals surface area contributed by atoms with E-state index < -0.39 is 0 Å². The van der Waals surface area contributed by atoms with Gasteiger partial charge in [0.15, 0.2) is 17.5 Å². The molecule has 0 saturated carbocycles. The summed E-state index contributed by atoms with van der Waals surface area (Å²) in [6, 6.07) is 5.36. The number of nitrogens with two attached hydrogens (primary N) is 1. The fourth-order valence-electron chi connectivity index (χ4n) is 2.36. The van der Waals surface area contributed by atoms with Gasteiger partial charge < -0.3 is 20.9 Å². The van der Waals surface area contributed by atoms with Crippen molar-refractivity contribution in [1.29, 1.82) is 0 Å². The monoisotopic (exact) mass is 321 g/mol. The van der Waals surface area contributed by atoms with E-state index in [0.717, 1.165) is 24.9 Å². The number of guanidine groups is 1. The number of methoxy groups -OCH3 is 1. The van der Waals surface area contributed by atoms with Crippen LogP contribution in [0.4, 0.5) is 0 Å². The topological polar surface area (TPSA) is 79.9 Å². The number of nitrogens with one attached hydrogen (secondary N) is 1. The Hall–Kier alpha value is -1.91. The highest BCUT2D eigenvalue weighted by Crippen LogP contribution is 2.26. The molecule has 5 heteroatoms. The van der Waals surface area contributed by atoms with Crippen LogP contribution in [-0.2, 0) is 6.42 Å². The number of benzene rings is 1. The van der Waals surface area contributed by atoms with Crippen molar-refractivity contribution < 1.29 is 9.84 Å². The molecular formula is C18H31N3O2. The minimum Gasteiger partial charge on any atom is -0.504 e. The predicted molar refractivity (Wildman–Crippen MR) is 96.2 cm³/mol. The Kier molecular flexibility index (Phi) is 9.68. The summed E-state index contributed by atoms with van der Waals surface area (Å²) in [6.45, 7) is 3.72. The maximum Gasteiger partial charge on any atom is 0.188 e. The third kappa shape index (κ3) is 8.33. The molecule has 0 fully saturated rings. The molecule has 0 atom stereocenters. The van der Waals surface area contributed by atoms with Gasteiger partial charge >= 0.3 is 0 Å². The van der Waals surface area contributed by atoms with E-state index in [2.05, 4.69) is 17.2 Å². The van der Waals surface area contributed by atoms with Gasteiger partial charge in [-0.05, 0) is 30.5 Å². The molecule has 23 heavy (non-hydrogen) atoms. The van der Waals surface area contributed by atoms with Crippen LogP contribution in [0.2, 0.25) is 0 Å². The first-order valence-electron chi connectivity index (χ1n) is 8.57. The lowest BCUT2D eigenvalue weighted by Gasteiger charge is -2.08. The second-order valence-corrected chi connectivity index (χ2v) is 5.72. The zero-order valence-electron chi connectivity index (χ0n) is 14.5. The van der Waals surface area contributed by atoms with Crippen molar-refractivity contribution in [3.8, 4) is 11.5 Å². The van der Waals surface area contributed by atoms with E-state index in [1.807, 2.05) is 12.1 Å². The third-order valence-corrected chi connectivity index (χ3v) is 3.76. The highest BCUT2D eigenvalue weighted by Gasteiger charge is 2.02. The Balaban J connectivity index is 2.18. The fraction of sp³-hybridized carbons (Fsp3) is 0.611. The number of unbranched alkanes of at least 4 members (excludes halogenated alkanes) is 5. The summed E-state index contributed by atoms with van der Waals surface area (Å²) < 4.78 is 5.09. The van der Waals surface area contributed by atoms with Crippen molar-refractivity contribution in [3.63, 3.8) is 0 Å². The zero-order chi connectivity index (χ0) is 16.9. The highest BCUT2D eigenvalue weighted by atomic mass is 16.5. The van der Waals surface area contributed by atoms with E-state index in [1.54, 1.807) is 13.2 Å². The standard InChI is InChI=1S/C18H31N3O2/c1-3-4-5-6-7-8-12-20-18(19)21-13-11-15-9-10-16(22)17(14-15)23-2/h9-10,14,22H,3-8,11-13H2,1-2H3,(H3,19,20,21). The molecule has 130 valence electrons. The number of hydrogen-bond donors (Lipinski definition) is 3. The summed E-state index contributed by atoms with van der Waals surface area (Å²) in [5.41, 5.74) is 6.93. The molecular weight excluding hydrogens is 290 g/mol. The van der Waals surface area contributed by atoms with Gasteiger partial charge in [0.05, 0.1) is 7.11 Å². The number of rotatable bonds is 11. The fourth-order valence-corrected chi connectivity index (χ4v) is 2.36. The number of phenols is 1. The van der Waals surface area contributed by atoms with Crippen molar-refractivity contribution in [1.82, 2.24) is 5.32 Å². The lowest BCUT2D eigenvalue weighted by molar-refractivity contribution is 0.373. The van der Waals surface area contributed by atoms with Crippen molar-refractivity contribution >= 4 is 5.96 Å². The molecule has 0 aliphatic rings. The van der Waals surface area contributed by atoms with Crippen LogP contribution in [0.15, 0.2) is 23.2 Å². The molecule has 0 bridgehead atoms. The van der Waals surface area contributed by atoms with Gasteiger partial charge in [-0.2, -0.15) is 0 Å². The molecule has 1 aromatic rings. The molecule has 0 unspecified atom stereocenters. The second kappa shape index (κ2) is 11.6. The number of phenolic OH excluding ortho intramolecular Hbond substituents is 1. The van der Waals surface area contributed by atoms with E-state index in [4.69, 9.17) is 10.5 Å². The highest BCUT2D eigenvalue weighted by molar-refractivity contribution is 5.77. The Labute approximate surface area is 140 Å². The summed E-state index contributed by atoms with van der Waals surface area (Å²) >= 11 is 0. The summed E-state index contributed by atoms with van der Waals surface area (Å²) in [5.74, 6) is 1.15. The van der Waals surface area contributed by atoms with Gasteiger partial charge in [-0.1, -0.05) is 45.1 Å². The Bertz CT molecular complexity index is 475. The molecule has 4 N–H and O–H groups in total. The lowest BCUT2D eigenvalue weighted by Crippen LogP contribution is -2.33. The third-order valence-electron chi connectivity index (χ3n) is 3.76. The van der Waals surface area contributed by atoms with Gasteiger partial charge in [0.2, 0.25) is 0 Å². The van der Waals surface area contributed by atoms with E-state index in [9.17, 15) is 5.11 Å². The van der Waals surface area contributed by atoms with Crippen LogP contribution in [0.3, 0.4) is 0 Å². The predicted octanol–water partition coefficient (Wildman–Crippen LogP) is 3.21. The van der Waals surface area contributed by atoms with Gasteiger partial charge in [0, 0.05) is 13.1 Å².